The van der Waals surface area contributed by atoms with Crippen LogP contribution in [0.4, 0.5) is 5.69 Å². The number of hydrogen-bond acceptors (Lipinski definition) is 3. The fourth-order valence-electron chi connectivity index (χ4n) is 3.43. The molecule has 4 rings (SSSR count). The molecule has 5 nitrogen and oxygen atoms in total. The number of rotatable bonds is 3. The summed E-state index contributed by atoms with van der Waals surface area (Å²) in [6.07, 6.45) is 1.09. The Hall–Kier alpha value is -2.82. The lowest BCUT2D eigenvalue weighted by atomic mass is 9.95. The summed E-state index contributed by atoms with van der Waals surface area (Å²) < 4.78 is 5.71. The van der Waals surface area contributed by atoms with E-state index in [0.717, 1.165) is 28.1 Å². The lowest BCUT2D eigenvalue weighted by Crippen LogP contribution is -2.38. The molecule has 2 N–H and O–H groups in total. The third kappa shape index (κ3) is 3.09. The van der Waals surface area contributed by atoms with Gasteiger partial charge in [0.05, 0.1) is 18.4 Å². The number of amides is 2. The van der Waals surface area contributed by atoms with Crippen LogP contribution in [0.1, 0.15) is 29.7 Å². The summed E-state index contributed by atoms with van der Waals surface area (Å²) in [4.78, 5) is 24.1. The van der Waals surface area contributed by atoms with Gasteiger partial charge in [-0.3, -0.25) is 9.59 Å². The first-order valence-electron chi connectivity index (χ1n) is 8.54. The van der Waals surface area contributed by atoms with E-state index in [1.165, 1.54) is 0 Å². The molecule has 25 heavy (non-hydrogen) atoms. The van der Waals surface area contributed by atoms with E-state index in [1.807, 2.05) is 49.4 Å². The number of hydrogen-bond donors (Lipinski definition) is 2. The van der Waals surface area contributed by atoms with Gasteiger partial charge < -0.3 is 15.4 Å². The number of benzene rings is 2. The molecule has 128 valence electrons. The number of para-hydroxylation sites is 1. The van der Waals surface area contributed by atoms with Gasteiger partial charge in [0.1, 0.15) is 12.4 Å². The van der Waals surface area contributed by atoms with Crippen molar-refractivity contribution in [2.45, 2.75) is 25.8 Å². The maximum atomic E-state index is 12.6. The van der Waals surface area contributed by atoms with E-state index in [2.05, 4.69) is 10.6 Å². The van der Waals surface area contributed by atoms with Gasteiger partial charge in [-0.05, 0) is 42.2 Å². The van der Waals surface area contributed by atoms with Crippen molar-refractivity contribution in [3.8, 4) is 5.75 Å². The number of fused-ring (bicyclic) bond motifs is 2. The molecule has 0 aromatic heterocycles. The third-order valence-electron chi connectivity index (χ3n) is 4.86. The molecule has 0 spiro atoms. The fourth-order valence-corrected chi connectivity index (χ4v) is 3.43. The number of nitrogens with one attached hydrogen (secondary N) is 2. The molecule has 0 bridgehead atoms. The van der Waals surface area contributed by atoms with Gasteiger partial charge in [-0.15, -0.1) is 0 Å². The standard InChI is InChI=1S/C20H20N2O3/c1-12(13-6-7-17-15(8-13)10-19(23)22-17)21-20(24)16-9-14-4-2-3-5-18(14)25-11-16/h2-8,12,16H,9-11H2,1H3,(H,21,24)(H,22,23)/t12-,16+/m0/s1. The minimum absolute atomic E-state index is 0.00305. The highest BCUT2D eigenvalue weighted by Gasteiger charge is 2.27. The molecule has 5 heteroatoms. The Morgan fingerprint density at radius 3 is 2.96 bits per heavy atom. The normalized spacial score (nSPS) is 19.2. The van der Waals surface area contributed by atoms with Crippen LogP contribution in [-0.4, -0.2) is 18.4 Å². The van der Waals surface area contributed by atoms with Crippen molar-refractivity contribution >= 4 is 17.5 Å². The summed E-state index contributed by atoms with van der Waals surface area (Å²) in [5.74, 6) is 0.698. The summed E-state index contributed by atoms with van der Waals surface area (Å²) in [6, 6.07) is 13.6. The molecule has 2 aromatic carbocycles. The van der Waals surface area contributed by atoms with E-state index in [-0.39, 0.29) is 23.8 Å². The van der Waals surface area contributed by atoms with Gasteiger partial charge in [-0.25, -0.2) is 0 Å². The molecular weight excluding hydrogens is 316 g/mol. The van der Waals surface area contributed by atoms with Crippen LogP contribution in [0.2, 0.25) is 0 Å². The van der Waals surface area contributed by atoms with E-state index in [1.54, 1.807) is 0 Å². The Balaban J connectivity index is 1.43. The SMILES string of the molecule is C[C@H](NC(=O)[C@H]1COc2ccccc2C1)c1ccc2c(c1)CC(=O)N2. The first-order chi connectivity index (χ1) is 12.1. The lowest BCUT2D eigenvalue weighted by Gasteiger charge is -2.26. The Bertz CT molecular complexity index is 847. The van der Waals surface area contributed by atoms with Crippen molar-refractivity contribution in [2.24, 2.45) is 5.92 Å². The van der Waals surface area contributed by atoms with Gasteiger partial charge >= 0.3 is 0 Å². The van der Waals surface area contributed by atoms with Gasteiger partial charge in [0.15, 0.2) is 0 Å². The molecule has 0 aliphatic carbocycles. The molecular formula is C20H20N2O3. The minimum atomic E-state index is -0.185. The van der Waals surface area contributed by atoms with Crippen LogP contribution in [-0.2, 0) is 22.4 Å². The van der Waals surface area contributed by atoms with Gasteiger partial charge in [-0.1, -0.05) is 30.3 Å². The number of ether oxygens (including phenoxy) is 1. The molecule has 2 heterocycles. The van der Waals surface area contributed by atoms with Crippen molar-refractivity contribution in [3.05, 3.63) is 59.2 Å². The van der Waals surface area contributed by atoms with E-state index >= 15 is 0 Å². The highest BCUT2D eigenvalue weighted by Crippen LogP contribution is 2.29. The molecule has 0 saturated heterocycles. The summed E-state index contributed by atoms with van der Waals surface area (Å²) in [6.45, 7) is 2.36. The summed E-state index contributed by atoms with van der Waals surface area (Å²) in [7, 11) is 0. The first kappa shape index (κ1) is 15.7. The molecule has 2 aliphatic heterocycles. The quantitative estimate of drug-likeness (QED) is 0.905. The summed E-state index contributed by atoms with van der Waals surface area (Å²) in [5.41, 5.74) is 3.92. The number of anilines is 1. The molecule has 2 aliphatic rings. The Morgan fingerprint density at radius 1 is 1.24 bits per heavy atom. The Kier molecular flexibility index (Phi) is 3.92. The monoisotopic (exact) mass is 336 g/mol. The highest BCUT2D eigenvalue weighted by molar-refractivity contribution is 5.99. The van der Waals surface area contributed by atoms with E-state index < -0.39 is 0 Å². The summed E-state index contributed by atoms with van der Waals surface area (Å²) in [5, 5.41) is 5.90. The van der Waals surface area contributed by atoms with Crippen molar-refractivity contribution < 1.29 is 14.3 Å². The fraction of sp³-hybridized carbons (Fsp3) is 0.300. The second-order valence-electron chi connectivity index (χ2n) is 6.69. The molecule has 0 saturated carbocycles. The lowest BCUT2D eigenvalue weighted by molar-refractivity contribution is -0.127. The van der Waals surface area contributed by atoms with Crippen molar-refractivity contribution in [2.75, 3.05) is 11.9 Å². The molecule has 2 atom stereocenters. The molecule has 2 aromatic rings. The maximum Gasteiger partial charge on any atom is 0.228 e. The van der Waals surface area contributed by atoms with Crippen LogP contribution >= 0.6 is 0 Å². The zero-order valence-electron chi connectivity index (χ0n) is 14.0. The average Bonchev–Trinajstić information content (AvgIpc) is 3.00. The topological polar surface area (TPSA) is 67.4 Å². The third-order valence-corrected chi connectivity index (χ3v) is 4.86. The second kappa shape index (κ2) is 6.24. The number of carbonyl (C=O) groups is 2. The van der Waals surface area contributed by atoms with E-state index in [9.17, 15) is 9.59 Å². The van der Waals surface area contributed by atoms with Crippen LogP contribution in [0.25, 0.3) is 0 Å². The van der Waals surface area contributed by atoms with Crippen molar-refractivity contribution in [1.82, 2.24) is 5.32 Å². The van der Waals surface area contributed by atoms with E-state index in [0.29, 0.717) is 19.4 Å². The van der Waals surface area contributed by atoms with Crippen LogP contribution in [0.15, 0.2) is 42.5 Å². The maximum absolute atomic E-state index is 12.6. The van der Waals surface area contributed by atoms with Crippen LogP contribution in [0.5, 0.6) is 5.75 Å². The molecule has 0 radical (unpaired) electrons. The van der Waals surface area contributed by atoms with E-state index in [4.69, 9.17) is 4.74 Å². The minimum Gasteiger partial charge on any atom is -0.492 e. The summed E-state index contributed by atoms with van der Waals surface area (Å²) >= 11 is 0. The van der Waals surface area contributed by atoms with Crippen LogP contribution < -0.4 is 15.4 Å². The zero-order valence-corrected chi connectivity index (χ0v) is 14.0. The zero-order chi connectivity index (χ0) is 17.4. The number of carbonyl (C=O) groups excluding carboxylic acids is 2. The van der Waals surface area contributed by atoms with Crippen molar-refractivity contribution in [1.29, 1.82) is 0 Å². The Morgan fingerprint density at radius 2 is 2.08 bits per heavy atom. The van der Waals surface area contributed by atoms with Crippen LogP contribution in [0, 0.1) is 5.92 Å². The first-order valence-corrected chi connectivity index (χ1v) is 8.54. The smallest absolute Gasteiger partial charge is 0.228 e. The molecule has 2 amide bonds. The predicted octanol–water partition coefficient (Wildman–Crippen LogP) is 2.61. The second-order valence-corrected chi connectivity index (χ2v) is 6.69. The highest BCUT2D eigenvalue weighted by atomic mass is 16.5. The Labute approximate surface area is 146 Å². The van der Waals surface area contributed by atoms with Gasteiger partial charge in [0.25, 0.3) is 0 Å². The molecule has 0 unspecified atom stereocenters. The predicted molar refractivity (Wildman–Crippen MR) is 94.5 cm³/mol. The van der Waals surface area contributed by atoms with Gasteiger partial charge in [0, 0.05) is 5.69 Å². The van der Waals surface area contributed by atoms with Crippen LogP contribution in [0.3, 0.4) is 0 Å². The average molecular weight is 336 g/mol. The van der Waals surface area contributed by atoms with Crippen molar-refractivity contribution in [3.63, 3.8) is 0 Å². The van der Waals surface area contributed by atoms with Gasteiger partial charge in [0.2, 0.25) is 11.8 Å². The molecule has 0 fully saturated rings. The van der Waals surface area contributed by atoms with Gasteiger partial charge in [-0.2, -0.15) is 0 Å². The largest absolute Gasteiger partial charge is 0.492 e.